The third-order valence-electron chi connectivity index (χ3n) is 3.77. The number of H-pyrrole nitrogens is 1. The molecule has 1 saturated heterocycles. The Morgan fingerprint density at radius 2 is 2.00 bits per heavy atom. The Bertz CT molecular complexity index is 499. The number of hydrogen-bond acceptors (Lipinski definition) is 4. The molecule has 1 aliphatic heterocycles. The minimum absolute atomic E-state index is 0.0700. The first kappa shape index (κ1) is 11.4. The molecule has 0 bridgehead atoms. The van der Waals surface area contributed by atoms with Crippen LogP contribution in [0.2, 0.25) is 0 Å². The number of hydrogen-bond donors (Lipinski definition) is 1. The summed E-state index contributed by atoms with van der Waals surface area (Å²) in [6, 6.07) is 1.56. The molecule has 18 heavy (non-hydrogen) atoms. The number of aromatic amines is 1. The number of aromatic nitrogens is 2. The zero-order valence-electron chi connectivity index (χ0n) is 10.3. The zero-order chi connectivity index (χ0) is 12.5. The van der Waals surface area contributed by atoms with Crippen LogP contribution in [0.1, 0.15) is 37.4 Å². The number of rotatable bonds is 3. The number of nitrogens with one attached hydrogen (secondary N) is 1. The van der Waals surface area contributed by atoms with Crippen molar-refractivity contribution in [3.63, 3.8) is 0 Å². The van der Waals surface area contributed by atoms with Crippen molar-refractivity contribution >= 4 is 12.1 Å². The molecule has 2 heterocycles. The standard InChI is InChI=1S/C13H17N3O2/c17-8-9-3-5-16(6-4-9)11-7-12(18)15-13(14-11)10-1-2-10/h7-10H,1-6H2,(H,14,15,18). The van der Waals surface area contributed by atoms with Crippen molar-refractivity contribution in [3.8, 4) is 0 Å². The zero-order valence-corrected chi connectivity index (χ0v) is 10.3. The molecule has 2 aliphatic rings. The van der Waals surface area contributed by atoms with Crippen LogP contribution in [0.15, 0.2) is 10.9 Å². The first-order valence-electron chi connectivity index (χ1n) is 6.58. The van der Waals surface area contributed by atoms with Crippen molar-refractivity contribution in [2.24, 2.45) is 5.92 Å². The van der Waals surface area contributed by atoms with Gasteiger partial charge in [0.15, 0.2) is 0 Å². The van der Waals surface area contributed by atoms with Crippen molar-refractivity contribution < 1.29 is 4.79 Å². The average molecular weight is 247 g/mol. The van der Waals surface area contributed by atoms with Crippen LogP contribution < -0.4 is 10.5 Å². The van der Waals surface area contributed by atoms with Crippen LogP contribution >= 0.6 is 0 Å². The lowest BCUT2D eigenvalue weighted by Crippen LogP contribution is -2.35. The first-order chi connectivity index (χ1) is 8.76. The number of anilines is 1. The lowest BCUT2D eigenvalue weighted by atomic mass is 9.99. The van der Waals surface area contributed by atoms with Crippen LogP contribution in [0, 0.1) is 5.92 Å². The van der Waals surface area contributed by atoms with Gasteiger partial charge in [-0.1, -0.05) is 0 Å². The molecule has 1 N–H and O–H groups in total. The Morgan fingerprint density at radius 3 is 2.61 bits per heavy atom. The molecule has 1 aromatic heterocycles. The van der Waals surface area contributed by atoms with Gasteiger partial charge < -0.3 is 14.7 Å². The molecule has 1 aromatic rings. The Morgan fingerprint density at radius 1 is 1.28 bits per heavy atom. The van der Waals surface area contributed by atoms with Gasteiger partial charge in [0, 0.05) is 31.0 Å². The van der Waals surface area contributed by atoms with Crippen LogP contribution in [-0.4, -0.2) is 29.3 Å². The van der Waals surface area contributed by atoms with Crippen molar-refractivity contribution in [1.29, 1.82) is 0 Å². The Kier molecular flexibility index (Phi) is 2.89. The summed E-state index contributed by atoms with van der Waals surface area (Å²) >= 11 is 0. The summed E-state index contributed by atoms with van der Waals surface area (Å²) in [7, 11) is 0. The molecule has 2 fully saturated rings. The van der Waals surface area contributed by atoms with Gasteiger partial charge in [-0.25, -0.2) is 4.98 Å². The second kappa shape index (κ2) is 4.55. The fraction of sp³-hybridized carbons (Fsp3) is 0.615. The van der Waals surface area contributed by atoms with Gasteiger partial charge >= 0.3 is 0 Å². The number of carbonyl (C=O) groups excluding carboxylic acids is 1. The summed E-state index contributed by atoms with van der Waals surface area (Å²) in [4.78, 5) is 31.8. The fourth-order valence-corrected chi connectivity index (χ4v) is 2.44. The van der Waals surface area contributed by atoms with E-state index in [2.05, 4.69) is 14.9 Å². The van der Waals surface area contributed by atoms with Crippen molar-refractivity contribution in [2.45, 2.75) is 31.6 Å². The highest BCUT2D eigenvalue weighted by Crippen LogP contribution is 2.38. The second-order valence-corrected chi connectivity index (χ2v) is 5.22. The fourth-order valence-electron chi connectivity index (χ4n) is 2.44. The van der Waals surface area contributed by atoms with Crippen LogP contribution in [0.3, 0.4) is 0 Å². The molecular formula is C13H17N3O2. The maximum Gasteiger partial charge on any atom is 0.252 e. The molecule has 0 atom stereocenters. The van der Waals surface area contributed by atoms with E-state index >= 15 is 0 Å². The third kappa shape index (κ3) is 2.30. The molecule has 0 spiro atoms. The predicted octanol–water partition coefficient (Wildman–Crippen LogP) is 1.06. The Labute approximate surface area is 105 Å². The number of aldehydes is 1. The van der Waals surface area contributed by atoms with E-state index in [-0.39, 0.29) is 11.5 Å². The molecule has 3 rings (SSSR count). The van der Waals surface area contributed by atoms with Gasteiger partial charge in [0.05, 0.1) is 0 Å². The highest BCUT2D eigenvalue weighted by atomic mass is 16.1. The second-order valence-electron chi connectivity index (χ2n) is 5.22. The van der Waals surface area contributed by atoms with E-state index in [0.29, 0.717) is 5.92 Å². The minimum Gasteiger partial charge on any atom is -0.356 e. The number of piperidine rings is 1. The van der Waals surface area contributed by atoms with Crippen LogP contribution in [0.5, 0.6) is 0 Å². The Hall–Kier alpha value is -1.65. The van der Waals surface area contributed by atoms with Crippen molar-refractivity contribution in [2.75, 3.05) is 18.0 Å². The molecule has 0 aromatic carbocycles. The minimum atomic E-state index is -0.0700. The van der Waals surface area contributed by atoms with Gasteiger partial charge in [0.25, 0.3) is 5.56 Å². The van der Waals surface area contributed by atoms with E-state index in [0.717, 1.165) is 56.7 Å². The van der Waals surface area contributed by atoms with E-state index in [1.54, 1.807) is 6.07 Å². The molecular weight excluding hydrogens is 230 g/mol. The van der Waals surface area contributed by atoms with Gasteiger partial charge in [0.1, 0.15) is 17.9 Å². The number of carbonyl (C=O) groups is 1. The van der Waals surface area contributed by atoms with Crippen LogP contribution in [0.25, 0.3) is 0 Å². The summed E-state index contributed by atoms with van der Waals surface area (Å²) in [5, 5.41) is 0. The maximum atomic E-state index is 11.6. The quantitative estimate of drug-likeness (QED) is 0.811. The van der Waals surface area contributed by atoms with E-state index in [9.17, 15) is 9.59 Å². The summed E-state index contributed by atoms with van der Waals surface area (Å²) in [5.41, 5.74) is -0.0700. The predicted molar refractivity (Wildman–Crippen MR) is 67.8 cm³/mol. The topological polar surface area (TPSA) is 66.1 Å². The summed E-state index contributed by atoms with van der Waals surface area (Å²) in [5.74, 6) is 2.22. The molecule has 5 nitrogen and oxygen atoms in total. The first-order valence-corrected chi connectivity index (χ1v) is 6.58. The summed E-state index contributed by atoms with van der Waals surface area (Å²) < 4.78 is 0. The lowest BCUT2D eigenvalue weighted by Gasteiger charge is -2.30. The molecule has 96 valence electrons. The molecule has 1 saturated carbocycles. The largest absolute Gasteiger partial charge is 0.356 e. The van der Waals surface area contributed by atoms with Gasteiger partial charge in [-0.15, -0.1) is 0 Å². The monoisotopic (exact) mass is 247 g/mol. The molecule has 1 aliphatic carbocycles. The van der Waals surface area contributed by atoms with E-state index < -0.39 is 0 Å². The molecule has 0 unspecified atom stereocenters. The SMILES string of the molecule is O=CC1CCN(c2cc(=O)[nH]c(C3CC3)n2)CC1. The van der Waals surface area contributed by atoms with Crippen molar-refractivity contribution in [1.82, 2.24) is 9.97 Å². The van der Waals surface area contributed by atoms with Crippen LogP contribution in [-0.2, 0) is 4.79 Å². The van der Waals surface area contributed by atoms with Gasteiger partial charge in [-0.05, 0) is 25.7 Å². The smallest absolute Gasteiger partial charge is 0.252 e. The van der Waals surface area contributed by atoms with Gasteiger partial charge in [-0.2, -0.15) is 0 Å². The van der Waals surface area contributed by atoms with E-state index in [1.165, 1.54) is 0 Å². The van der Waals surface area contributed by atoms with E-state index in [1.807, 2.05) is 0 Å². The average Bonchev–Trinajstić information content (AvgIpc) is 3.22. The highest BCUT2D eigenvalue weighted by Gasteiger charge is 2.27. The Balaban J connectivity index is 1.79. The van der Waals surface area contributed by atoms with Crippen LogP contribution in [0.4, 0.5) is 5.82 Å². The van der Waals surface area contributed by atoms with Crippen molar-refractivity contribution in [3.05, 3.63) is 22.2 Å². The maximum absolute atomic E-state index is 11.6. The third-order valence-corrected chi connectivity index (χ3v) is 3.77. The lowest BCUT2D eigenvalue weighted by molar-refractivity contribution is -0.111. The molecule has 0 amide bonds. The number of nitrogens with zero attached hydrogens (tertiary/aromatic N) is 2. The highest BCUT2D eigenvalue weighted by molar-refractivity contribution is 5.54. The van der Waals surface area contributed by atoms with Gasteiger partial charge in [-0.3, -0.25) is 4.79 Å². The molecule has 5 heteroatoms. The summed E-state index contributed by atoms with van der Waals surface area (Å²) in [6.07, 6.45) is 5.00. The van der Waals surface area contributed by atoms with E-state index in [4.69, 9.17) is 0 Å². The normalized spacial score (nSPS) is 21.0. The summed E-state index contributed by atoms with van der Waals surface area (Å²) in [6.45, 7) is 1.62. The molecule has 0 radical (unpaired) electrons. The van der Waals surface area contributed by atoms with Gasteiger partial charge in [0.2, 0.25) is 0 Å².